The van der Waals surface area contributed by atoms with Crippen LogP contribution in [-0.4, -0.2) is 20.6 Å². The third-order valence-corrected chi connectivity index (χ3v) is 2.03. The van der Waals surface area contributed by atoms with Crippen molar-refractivity contribution in [3.8, 4) is 0 Å². The molecule has 2 rings (SSSR count). The summed E-state index contributed by atoms with van der Waals surface area (Å²) in [6.07, 6.45) is 2.97. The molecule has 10 heavy (non-hydrogen) atoms. The summed E-state index contributed by atoms with van der Waals surface area (Å²) in [7, 11) is 0. The molecule has 0 atom stereocenters. The molecule has 0 saturated heterocycles. The van der Waals surface area contributed by atoms with Gasteiger partial charge in [-0.3, -0.25) is 14.2 Å². The number of aromatic nitrogens is 2. The minimum atomic E-state index is -0.502. The maximum atomic E-state index is 10.8. The number of thioether (sulfide) groups is 1. The fourth-order valence-corrected chi connectivity index (χ4v) is 1.45. The number of hydrogen-bond donors (Lipinski definition) is 0. The minimum absolute atomic E-state index is 0.455. The van der Waals surface area contributed by atoms with Crippen molar-refractivity contribution in [1.29, 1.82) is 0 Å². The van der Waals surface area contributed by atoms with Crippen LogP contribution in [0.3, 0.4) is 0 Å². The van der Waals surface area contributed by atoms with Gasteiger partial charge in [-0.15, -0.1) is 0 Å². The first-order valence-corrected chi connectivity index (χ1v) is 3.40. The third kappa shape index (κ3) is 0.550. The average molecular weight is 154 g/mol. The van der Waals surface area contributed by atoms with Crippen LogP contribution in [0.4, 0.5) is 0 Å². The number of rotatable bonds is 0. The second kappa shape index (κ2) is 1.69. The Morgan fingerprint density at radius 3 is 3.00 bits per heavy atom. The molecular formula is C5H2N2O2S. The Balaban J connectivity index is 2.63. The molecule has 0 fully saturated rings. The zero-order chi connectivity index (χ0) is 7.14. The van der Waals surface area contributed by atoms with E-state index in [0.29, 0.717) is 5.16 Å². The Morgan fingerprint density at radius 1 is 1.50 bits per heavy atom. The number of nitrogens with zero attached hydrogens (tertiary/aromatic N) is 2. The van der Waals surface area contributed by atoms with Gasteiger partial charge in [-0.1, -0.05) is 0 Å². The summed E-state index contributed by atoms with van der Waals surface area (Å²) in [4.78, 5) is 25.2. The van der Waals surface area contributed by atoms with Gasteiger partial charge < -0.3 is 0 Å². The van der Waals surface area contributed by atoms with E-state index in [1.54, 1.807) is 0 Å². The van der Waals surface area contributed by atoms with Gasteiger partial charge in [0.15, 0.2) is 5.16 Å². The lowest BCUT2D eigenvalue weighted by Gasteiger charge is -1.84. The van der Waals surface area contributed by atoms with E-state index in [0.717, 1.165) is 11.8 Å². The summed E-state index contributed by atoms with van der Waals surface area (Å²) in [5.41, 5.74) is 0. The van der Waals surface area contributed by atoms with Crippen molar-refractivity contribution in [3.63, 3.8) is 0 Å². The smallest absolute Gasteiger partial charge is 0.275 e. The highest BCUT2D eigenvalue weighted by Gasteiger charge is 2.29. The van der Waals surface area contributed by atoms with Crippen LogP contribution < -0.4 is 0 Å². The fraction of sp³-hybridized carbons (Fsp3) is 0. The molecule has 0 saturated carbocycles. The van der Waals surface area contributed by atoms with E-state index in [4.69, 9.17) is 0 Å². The van der Waals surface area contributed by atoms with E-state index in [1.165, 1.54) is 17.0 Å². The highest BCUT2D eigenvalue weighted by atomic mass is 32.2. The molecule has 2 heterocycles. The minimum Gasteiger partial charge on any atom is -0.275 e. The second-order valence-electron chi connectivity index (χ2n) is 1.77. The monoisotopic (exact) mass is 154 g/mol. The topological polar surface area (TPSA) is 52.0 Å². The van der Waals surface area contributed by atoms with Gasteiger partial charge in [-0.05, 0) is 11.8 Å². The lowest BCUT2D eigenvalue weighted by atomic mass is 10.6. The number of fused-ring (bicyclic) bond motifs is 1. The van der Waals surface area contributed by atoms with Crippen LogP contribution in [0.25, 0.3) is 0 Å². The van der Waals surface area contributed by atoms with E-state index in [-0.39, 0.29) is 0 Å². The van der Waals surface area contributed by atoms with Gasteiger partial charge in [0.05, 0.1) is 0 Å². The first-order valence-electron chi connectivity index (χ1n) is 2.59. The van der Waals surface area contributed by atoms with Crippen LogP contribution in [0.2, 0.25) is 0 Å². The van der Waals surface area contributed by atoms with Crippen LogP contribution in [-0.2, 0) is 4.79 Å². The van der Waals surface area contributed by atoms with E-state index < -0.39 is 11.0 Å². The summed E-state index contributed by atoms with van der Waals surface area (Å²) in [5, 5.41) is 0.0121. The zero-order valence-corrected chi connectivity index (χ0v) is 5.59. The summed E-state index contributed by atoms with van der Waals surface area (Å²) >= 11 is 0.869. The number of carbonyl (C=O) groups excluding carboxylic acids is 2. The Hall–Kier alpha value is -1.10. The molecule has 0 aliphatic carbocycles. The highest BCUT2D eigenvalue weighted by molar-refractivity contribution is 8.15. The van der Waals surface area contributed by atoms with Crippen LogP contribution >= 0.6 is 11.8 Å². The van der Waals surface area contributed by atoms with Gasteiger partial charge in [0.25, 0.3) is 5.12 Å². The number of hydrogen-bond acceptors (Lipinski definition) is 4. The first kappa shape index (κ1) is 5.67. The van der Waals surface area contributed by atoms with Crippen molar-refractivity contribution < 1.29 is 9.59 Å². The number of carbonyl (C=O) groups is 2. The average Bonchev–Trinajstić information content (AvgIpc) is 2.41. The van der Waals surface area contributed by atoms with Gasteiger partial charge in [0.2, 0.25) is 0 Å². The summed E-state index contributed by atoms with van der Waals surface area (Å²) in [6, 6.07) is 0. The molecule has 1 aliphatic heterocycles. The standard InChI is InChI=1S/C5H2N2O2S/c8-3-4(9)10-5-6-1-2-7(3)5/h1-2H. The maximum Gasteiger partial charge on any atom is 0.311 e. The molecular weight excluding hydrogens is 152 g/mol. The van der Waals surface area contributed by atoms with Gasteiger partial charge in [0, 0.05) is 12.4 Å². The quantitative estimate of drug-likeness (QED) is 0.499. The van der Waals surface area contributed by atoms with Gasteiger partial charge in [-0.25, -0.2) is 4.98 Å². The Labute approximate surface area is 60.2 Å². The van der Waals surface area contributed by atoms with Gasteiger partial charge in [0.1, 0.15) is 0 Å². The van der Waals surface area contributed by atoms with Crippen molar-refractivity contribution in [1.82, 2.24) is 9.55 Å². The normalized spacial score (nSPS) is 16.0. The molecule has 4 nitrogen and oxygen atoms in total. The highest BCUT2D eigenvalue weighted by Crippen LogP contribution is 2.23. The first-order chi connectivity index (χ1) is 4.79. The molecule has 1 aromatic heterocycles. The predicted molar refractivity (Wildman–Crippen MR) is 33.7 cm³/mol. The largest absolute Gasteiger partial charge is 0.311 e. The van der Waals surface area contributed by atoms with Crippen LogP contribution in [0.5, 0.6) is 0 Å². The molecule has 1 aromatic rings. The molecule has 0 spiro atoms. The van der Waals surface area contributed by atoms with E-state index in [1.807, 2.05) is 0 Å². The molecule has 0 unspecified atom stereocenters. The zero-order valence-electron chi connectivity index (χ0n) is 4.77. The Kier molecular flexibility index (Phi) is 0.960. The summed E-state index contributed by atoms with van der Waals surface area (Å²) < 4.78 is 1.24. The molecule has 5 heteroatoms. The maximum absolute atomic E-state index is 10.8. The third-order valence-electron chi connectivity index (χ3n) is 1.18. The SMILES string of the molecule is O=C1Sc2nccn2C1=O. The van der Waals surface area contributed by atoms with Gasteiger partial charge in [-0.2, -0.15) is 0 Å². The van der Waals surface area contributed by atoms with Gasteiger partial charge >= 0.3 is 5.91 Å². The molecule has 0 aromatic carbocycles. The summed E-state index contributed by atoms with van der Waals surface area (Å²) in [5.74, 6) is -0.502. The van der Waals surface area contributed by atoms with Crippen molar-refractivity contribution in [2.75, 3.05) is 0 Å². The molecule has 0 amide bonds. The van der Waals surface area contributed by atoms with Crippen LogP contribution in [0, 0.1) is 0 Å². The molecule has 0 N–H and O–H groups in total. The van der Waals surface area contributed by atoms with Crippen LogP contribution in [0.1, 0.15) is 4.79 Å². The van der Waals surface area contributed by atoms with Crippen molar-refractivity contribution in [3.05, 3.63) is 12.4 Å². The van der Waals surface area contributed by atoms with E-state index in [9.17, 15) is 9.59 Å². The predicted octanol–water partition coefficient (Wildman–Crippen LogP) is 0.156. The molecule has 0 radical (unpaired) electrons. The fourth-order valence-electron chi connectivity index (χ4n) is 0.745. The van der Waals surface area contributed by atoms with Crippen LogP contribution in [0.15, 0.2) is 17.6 Å². The lowest BCUT2D eigenvalue weighted by Crippen LogP contribution is -2.09. The second-order valence-corrected chi connectivity index (χ2v) is 2.71. The van der Waals surface area contributed by atoms with E-state index in [2.05, 4.69) is 4.98 Å². The van der Waals surface area contributed by atoms with Crippen molar-refractivity contribution in [2.45, 2.75) is 5.16 Å². The summed E-state index contributed by atoms with van der Waals surface area (Å²) in [6.45, 7) is 0. The molecule has 50 valence electrons. The van der Waals surface area contributed by atoms with E-state index >= 15 is 0 Å². The lowest BCUT2D eigenvalue weighted by molar-refractivity contribution is -0.107. The molecule has 1 aliphatic rings. The van der Waals surface area contributed by atoms with Crippen molar-refractivity contribution in [2.24, 2.45) is 0 Å². The Morgan fingerprint density at radius 2 is 2.30 bits per heavy atom. The Bertz CT molecular complexity index is 317. The van der Waals surface area contributed by atoms with Crippen molar-refractivity contribution >= 4 is 22.8 Å². The molecule has 0 bridgehead atoms. The number of imidazole rings is 1.